The summed E-state index contributed by atoms with van der Waals surface area (Å²) in [6, 6.07) is 10.6. The fraction of sp³-hybridized carbons (Fsp3) is 0.357. The number of nitrogens with zero attached hydrogens (tertiary/aromatic N) is 5. The van der Waals surface area contributed by atoms with Crippen molar-refractivity contribution in [1.82, 2.24) is 14.2 Å². The van der Waals surface area contributed by atoms with Gasteiger partial charge in [-0.2, -0.15) is 4.09 Å². The Balaban J connectivity index is 1.53. The first-order valence-electron chi connectivity index (χ1n) is 12.4. The van der Waals surface area contributed by atoms with Gasteiger partial charge in [0.05, 0.1) is 11.2 Å². The van der Waals surface area contributed by atoms with E-state index in [2.05, 4.69) is 67.5 Å². The Bertz CT molecular complexity index is 1340. The van der Waals surface area contributed by atoms with Crippen molar-refractivity contribution in [3.63, 3.8) is 0 Å². The quantitative estimate of drug-likeness (QED) is 0.439. The molecule has 2 aromatic heterocycles. The van der Waals surface area contributed by atoms with Gasteiger partial charge in [-0.05, 0) is 63.8 Å². The summed E-state index contributed by atoms with van der Waals surface area (Å²) >= 11 is 1.53. The number of rotatable bonds is 6. The molecule has 1 aromatic carbocycles. The molecule has 1 saturated heterocycles. The van der Waals surface area contributed by atoms with Gasteiger partial charge in [-0.25, -0.2) is 4.98 Å². The maximum atomic E-state index is 6.58. The fourth-order valence-electron chi connectivity index (χ4n) is 5.14. The molecule has 180 valence electrons. The fourth-order valence-corrected chi connectivity index (χ4v) is 6.01. The van der Waals surface area contributed by atoms with Crippen LogP contribution in [0.15, 0.2) is 54.1 Å². The molecule has 2 aliphatic rings. The van der Waals surface area contributed by atoms with Crippen LogP contribution in [0.2, 0.25) is 0 Å². The van der Waals surface area contributed by atoms with Gasteiger partial charge in [-0.1, -0.05) is 40.8 Å². The van der Waals surface area contributed by atoms with Gasteiger partial charge in [-0.15, -0.1) is 11.7 Å². The molecule has 3 aromatic rings. The molecule has 1 aliphatic heterocycles. The summed E-state index contributed by atoms with van der Waals surface area (Å²) in [4.78, 5) is 10.7. The van der Waals surface area contributed by atoms with Crippen LogP contribution in [0.25, 0.3) is 10.9 Å². The van der Waals surface area contributed by atoms with Crippen molar-refractivity contribution in [3.05, 3.63) is 77.1 Å². The Morgan fingerprint density at radius 3 is 2.39 bits per heavy atom. The summed E-state index contributed by atoms with van der Waals surface area (Å²) in [5, 5.41) is 5.11. The third kappa shape index (κ3) is 4.52. The van der Waals surface area contributed by atoms with Crippen molar-refractivity contribution < 1.29 is 0 Å². The second kappa shape index (κ2) is 9.55. The molecule has 8 heteroatoms. The van der Waals surface area contributed by atoms with E-state index >= 15 is 0 Å². The van der Waals surface area contributed by atoms with Crippen LogP contribution in [0.1, 0.15) is 47.7 Å². The normalized spacial score (nSPS) is 17.1. The number of aryl methyl sites for hydroxylation is 3. The number of anilines is 2. The highest BCUT2D eigenvalue weighted by Crippen LogP contribution is 2.49. The minimum atomic E-state index is 0.0148. The van der Waals surface area contributed by atoms with Crippen molar-refractivity contribution in [1.29, 1.82) is 0 Å². The van der Waals surface area contributed by atoms with Gasteiger partial charge < -0.3 is 9.80 Å². The molecule has 0 atom stereocenters. The molecule has 0 amide bonds. The largest absolute Gasteiger partial charge is 0.352 e. The van der Waals surface area contributed by atoms with E-state index in [9.17, 15) is 0 Å². The van der Waals surface area contributed by atoms with Crippen LogP contribution in [0.5, 0.6) is 0 Å². The van der Waals surface area contributed by atoms with E-state index in [0.717, 1.165) is 60.3 Å². The van der Waals surface area contributed by atoms with E-state index in [1.165, 1.54) is 28.6 Å². The molecule has 2 fully saturated rings. The van der Waals surface area contributed by atoms with Gasteiger partial charge in [0.1, 0.15) is 21.5 Å². The second-order valence-electron chi connectivity index (χ2n) is 10.0. The highest BCUT2D eigenvalue weighted by atomic mass is 32.2. The second-order valence-corrected chi connectivity index (χ2v) is 11.0. The Morgan fingerprint density at radius 2 is 1.78 bits per heavy atom. The lowest BCUT2D eigenvalue weighted by Crippen LogP contribution is -2.56. The summed E-state index contributed by atoms with van der Waals surface area (Å²) < 4.78 is 1.89. The summed E-state index contributed by atoms with van der Waals surface area (Å²) in [5.74, 6) is 1.97. The van der Waals surface area contributed by atoms with Crippen LogP contribution >= 0.6 is 11.9 Å². The smallest absolute Gasteiger partial charge is 0.159 e. The maximum Gasteiger partial charge on any atom is 0.159 e. The Hall–Kier alpha value is -2.86. The number of aromatic nitrogens is 3. The zero-order valence-corrected chi connectivity index (χ0v) is 22.4. The van der Waals surface area contributed by atoms with E-state index in [0.29, 0.717) is 10.9 Å². The summed E-state index contributed by atoms with van der Waals surface area (Å²) in [7, 11) is 12.9. The third-order valence-corrected chi connectivity index (χ3v) is 8.10. The number of piperazine rings is 1. The zero-order chi connectivity index (χ0) is 25.6. The molecular formula is C28H31B2N5S. The summed E-state index contributed by atoms with van der Waals surface area (Å²) in [6.45, 7) is 15.0. The predicted octanol–water partition coefficient (Wildman–Crippen LogP) is 5.29. The molecule has 3 heterocycles. The van der Waals surface area contributed by atoms with E-state index in [1.807, 2.05) is 23.3 Å². The number of hydrogen-bond acceptors (Lipinski definition) is 5. The standard InChI is InChI=1S/C28H31B2N5S/c1-6-23(30)24-25(21(5)29)35(36-22-9-7-18(2)8-10-22)32-27(24)34-14-13-33(17-28(34)11-12-28)26-20(4)15-19(3)16-31-26/h6-10,15-16H,5,11-14,17H2,1-4H3/b23-6+. The van der Waals surface area contributed by atoms with Gasteiger partial charge in [0.25, 0.3) is 0 Å². The third-order valence-electron chi connectivity index (χ3n) is 7.17. The molecule has 0 N–H and O–H groups in total. The maximum absolute atomic E-state index is 6.58. The number of benzene rings is 1. The average molecular weight is 491 g/mol. The van der Waals surface area contributed by atoms with Crippen LogP contribution < -0.4 is 9.80 Å². The summed E-state index contributed by atoms with van der Waals surface area (Å²) in [6.07, 6.45) is 6.10. The number of pyridine rings is 1. The Morgan fingerprint density at radius 1 is 1.06 bits per heavy atom. The minimum absolute atomic E-state index is 0.0148. The average Bonchev–Trinajstić information content (AvgIpc) is 3.49. The Kier molecular flexibility index (Phi) is 6.58. The molecule has 5 rings (SSSR count). The number of hydrogen-bond donors (Lipinski definition) is 0. The SMILES string of the molecule is [B]C(=C)c1c(/C([B])=C\C)c(N2CCN(c3ncc(C)cc3C)CC23CC3)nn1Sc1ccc(C)cc1. The first kappa shape index (κ1) is 24.8. The van der Waals surface area contributed by atoms with Gasteiger partial charge >= 0.3 is 0 Å². The van der Waals surface area contributed by atoms with E-state index in [-0.39, 0.29) is 5.54 Å². The van der Waals surface area contributed by atoms with E-state index in [4.69, 9.17) is 25.8 Å². The molecule has 1 aliphatic carbocycles. The molecule has 36 heavy (non-hydrogen) atoms. The van der Waals surface area contributed by atoms with Gasteiger partial charge in [0.15, 0.2) is 5.82 Å². The molecule has 5 nitrogen and oxygen atoms in total. The lowest BCUT2D eigenvalue weighted by Gasteiger charge is -2.43. The first-order chi connectivity index (χ1) is 17.2. The van der Waals surface area contributed by atoms with Crippen LogP contribution in [-0.4, -0.2) is 55.0 Å². The molecular weight excluding hydrogens is 460 g/mol. The van der Waals surface area contributed by atoms with E-state index < -0.39 is 0 Å². The van der Waals surface area contributed by atoms with Crippen molar-refractivity contribution in [2.75, 3.05) is 29.4 Å². The molecule has 0 bridgehead atoms. The minimum Gasteiger partial charge on any atom is -0.352 e. The lowest BCUT2D eigenvalue weighted by atomic mass is 9.82. The van der Waals surface area contributed by atoms with Gasteiger partial charge in [0.2, 0.25) is 0 Å². The highest BCUT2D eigenvalue weighted by Gasteiger charge is 2.53. The molecule has 1 saturated carbocycles. The highest BCUT2D eigenvalue weighted by molar-refractivity contribution is 7.97. The predicted molar refractivity (Wildman–Crippen MR) is 154 cm³/mol. The van der Waals surface area contributed by atoms with Crippen LogP contribution in [-0.2, 0) is 0 Å². The molecule has 4 radical (unpaired) electrons. The molecule has 1 spiro atoms. The zero-order valence-electron chi connectivity index (χ0n) is 21.6. The lowest BCUT2D eigenvalue weighted by molar-refractivity contribution is 0.501. The Labute approximate surface area is 221 Å². The molecule has 0 unspecified atom stereocenters. The van der Waals surface area contributed by atoms with Crippen molar-refractivity contribution in [2.45, 2.75) is 51.0 Å². The van der Waals surface area contributed by atoms with Crippen molar-refractivity contribution in [2.24, 2.45) is 0 Å². The monoisotopic (exact) mass is 491 g/mol. The van der Waals surface area contributed by atoms with Crippen molar-refractivity contribution in [3.8, 4) is 0 Å². The van der Waals surface area contributed by atoms with Crippen LogP contribution in [0, 0.1) is 20.8 Å². The number of allylic oxidation sites excluding steroid dienone is 1. The first-order valence-corrected chi connectivity index (χ1v) is 13.2. The summed E-state index contributed by atoms with van der Waals surface area (Å²) in [5.41, 5.74) is 6.39. The van der Waals surface area contributed by atoms with Crippen LogP contribution in [0.3, 0.4) is 0 Å². The topological polar surface area (TPSA) is 37.2 Å². The van der Waals surface area contributed by atoms with Gasteiger partial charge in [0, 0.05) is 48.2 Å². The van der Waals surface area contributed by atoms with E-state index in [1.54, 1.807) is 0 Å². The van der Waals surface area contributed by atoms with Crippen molar-refractivity contribution >= 4 is 50.2 Å². The van der Waals surface area contributed by atoms with Gasteiger partial charge in [-0.3, -0.25) is 0 Å². The van der Waals surface area contributed by atoms with Crippen LogP contribution in [0.4, 0.5) is 11.6 Å².